The van der Waals surface area contributed by atoms with E-state index in [4.69, 9.17) is 5.73 Å². The second kappa shape index (κ2) is 5.04. The minimum absolute atomic E-state index is 0.0749. The Morgan fingerprint density at radius 1 is 1.50 bits per heavy atom. The standard InChI is InChI=1S/C13H19N3O2/c1-13(18)4-6-16(7-5-13)12(17)11-3-2-10(8-14)9-15-11/h2-3,9,18H,4-8,14H2,1H3. The van der Waals surface area contributed by atoms with Crippen molar-refractivity contribution in [2.75, 3.05) is 13.1 Å². The smallest absolute Gasteiger partial charge is 0.272 e. The number of aromatic nitrogens is 1. The summed E-state index contributed by atoms with van der Waals surface area (Å²) in [5, 5.41) is 9.85. The van der Waals surface area contributed by atoms with E-state index in [-0.39, 0.29) is 5.91 Å². The van der Waals surface area contributed by atoms with E-state index in [9.17, 15) is 9.90 Å². The molecule has 1 fully saturated rings. The Labute approximate surface area is 107 Å². The van der Waals surface area contributed by atoms with Crippen molar-refractivity contribution in [3.8, 4) is 0 Å². The van der Waals surface area contributed by atoms with Crippen molar-refractivity contribution in [3.05, 3.63) is 29.6 Å². The summed E-state index contributed by atoms with van der Waals surface area (Å²) in [4.78, 5) is 18.0. The number of carbonyl (C=O) groups is 1. The summed E-state index contributed by atoms with van der Waals surface area (Å²) in [6.07, 6.45) is 2.85. The van der Waals surface area contributed by atoms with Crippen molar-refractivity contribution in [2.24, 2.45) is 5.73 Å². The molecule has 1 aromatic heterocycles. The quantitative estimate of drug-likeness (QED) is 0.801. The van der Waals surface area contributed by atoms with Gasteiger partial charge in [-0.1, -0.05) is 6.07 Å². The third-order valence-corrected chi connectivity index (χ3v) is 3.41. The van der Waals surface area contributed by atoms with Gasteiger partial charge in [0.05, 0.1) is 5.60 Å². The molecule has 0 unspecified atom stereocenters. The highest BCUT2D eigenvalue weighted by Crippen LogP contribution is 2.22. The summed E-state index contributed by atoms with van der Waals surface area (Å²) in [7, 11) is 0. The zero-order valence-corrected chi connectivity index (χ0v) is 10.6. The molecule has 0 saturated carbocycles. The first-order valence-corrected chi connectivity index (χ1v) is 6.18. The van der Waals surface area contributed by atoms with Gasteiger partial charge in [-0.25, -0.2) is 0 Å². The number of carbonyl (C=O) groups excluding carboxylic acids is 1. The normalized spacial score (nSPS) is 18.7. The van der Waals surface area contributed by atoms with E-state index in [2.05, 4.69) is 4.98 Å². The first-order chi connectivity index (χ1) is 8.52. The summed E-state index contributed by atoms with van der Waals surface area (Å²) in [6, 6.07) is 3.53. The molecule has 18 heavy (non-hydrogen) atoms. The van der Waals surface area contributed by atoms with Gasteiger partial charge in [-0.05, 0) is 31.4 Å². The van der Waals surface area contributed by atoms with Crippen LogP contribution in [-0.4, -0.2) is 39.6 Å². The van der Waals surface area contributed by atoms with Crippen LogP contribution < -0.4 is 5.73 Å². The minimum atomic E-state index is -0.645. The van der Waals surface area contributed by atoms with Crippen molar-refractivity contribution < 1.29 is 9.90 Å². The lowest BCUT2D eigenvalue weighted by Gasteiger charge is -2.35. The molecule has 0 aromatic carbocycles. The van der Waals surface area contributed by atoms with Crippen molar-refractivity contribution in [1.82, 2.24) is 9.88 Å². The fourth-order valence-electron chi connectivity index (χ4n) is 2.03. The first kappa shape index (κ1) is 13.0. The molecule has 1 saturated heterocycles. The van der Waals surface area contributed by atoms with Gasteiger partial charge >= 0.3 is 0 Å². The van der Waals surface area contributed by atoms with E-state index in [0.29, 0.717) is 38.2 Å². The lowest BCUT2D eigenvalue weighted by Crippen LogP contribution is -2.45. The van der Waals surface area contributed by atoms with Gasteiger partial charge < -0.3 is 15.7 Å². The topological polar surface area (TPSA) is 79.5 Å². The average molecular weight is 249 g/mol. The van der Waals surface area contributed by atoms with Crippen LogP contribution in [0.1, 0.15) is 35.8 Å². The summed E-state index contributed by atoms with van der Waals surface area (Å²) >= 11 is 0. The molecule has 1 aromatic rings. The van der Waals surface area contributed by atoms with Crippen LogP contribution in [0.5, 0.6) is 0 Å². The molecule has 0 radical (unpaired) electrons. The largest absolute Gasteiger partial charge is 0.390 e. The van der Waals surface area contributed by atoms with E-state index >= 15 is 0 Å². The molecule has 0 aliphatic carbocycles. The summed E-state index contributed by atoms with van der Waals surface area (Å²) in [5.41, 5.74) is 6.19. The molecule has 2 heterocycles. The summed E-state index contributed by atoms with van der Waals surface area (Å²) in [5.74, 6) is -0.0749. The van der Waals surface area contributed by atoms with Crippen LogP contribution in [0.2, 0.25) is 0 Å². The number of piperidine rings is 1. The van der Waals surface area contributed by atoms with Gasteiger partial charge in [0, 0.05) is 25.8 Å². The van der Waals surface area contributed by atoms with E-state index < -0.39 is 5.60 Å². The molecule has 98 valence electrons. The van der Waals surface area contributed by atoms with Crippen molar-refractivity contribution in [2.45, 2.75) is 31.9 Å². The molecule has 5 heteroatoms. The van der Waals surface area contributed by atoms with E-state index in [1.807, 2.05) is 13.0 Å². The number of pyridine rings is 1. The molecule has 0 spiro atoms. The lowest BCUT2D eigenvalue weighted by atomic mass is 9.94. The number of likely N-dealkylation sites (tertiary alicyclic amines) is 1. The van der Waals surface area contributed by atoms with Gasteiger partial charge in [0.2, 0.25) is 0 Å². The Kier molecular flexibility index (Phi) is 3.63. The minimum Gasteiger partial charge on any atom is -0.390 e. The molecule has 2 rings (SSSR count). The SMILES string of the molecule is CC1(O)CCN(C(=O)c2ccc(CN)cn2)CC1. The molecular weight excluding hydrogens is 230 g/mol. The Bertz CT molecular complexity index is 418. The predicted octanol–water partition coefficient (Wildman–Crippen LogP) is 0.527. The number of amides is 1. The van der Waals surface area contributed by atoms with Gasteiger partial charge in [-0.3, -0.25) is 9.78 Å². The van der Waals surface area contributed by atoms with Crippen LogP contribution >= 0.6 is 0 Å². The Balaban J connectivity index is 2.03. The second-order valence-electron chi connectivity index (χ2n) is 5.04. The van der Waals surface area contributed by atoms with Crippen molar-refractivity contribution >= 4 is 5.91 Å². The lowest BCUT2D eigenvalue weighted by molar-refractivity contribution is -0.00219. The number of nitrogens with two attached hydrogens (primary N) is 1. The zero-order chi connectivity index (χ0) is 13.2. The summed E-state index contributed by atoms with van der Waals surface area (Å²) < 4.78 is 0. The van der Waals surface area contributed by atoms with E-state index in [1.165, 1.54) is 0 Å². The summed E-state index contributed by atoms with van der Waals surface area (Å²) in [6.45, 7) is 3.38. The third kappa shape index (κ3) is 2.86. The number of aliphatic hydroxyl groups is 1. The molecule has 0 bridgehead atoms. The highest BCUT2D eigenvalue weighted by atomic mass is 16.3. The highest BCUT2D eigenvalue weighted by molar-refractivity contribution is 5.92. The maximum Gasteiger partial charge on any atom is 0.272 e. The molecule has 0 atom stereocenters. The Morgan fingerprint density at radius 3 is 2.67 bits per heavy atom. The molecular formula is C13H19N3O2. The van der Waals surface area contributed by atoms with Gasteiger partial charge in [0.25, 0.3) is 5.91 Å². The van der Waals surface area contributed by atoms with Crippen LogP contribution in [0, 0.1) is 0 Å². The van der Waals surface area contributed by atoms with Gasteiger partial charge in [0.1, 0.15) is 5.69 Å². The highest BCUT2D eigenvalue weighted by Gasteiger charge is 2.30. The maximum atomic E-state index is 12.2. The molecule has 1 amide bonds. The average Bonchev–Trinajstić information content (AvgIpc) is 2.38. The number of nitrogens with zero attached hydrogens (tertiary/aromatic N) is 2. The Morgan fingerprint density at radius 2 is 2.17 bits per heavy atom. The van der Waals surface area contributed by atoms with Crippen molar-refractivity contribution in [1.29, 1.82) is 0 Å². The maximum absolute atomic E-state index is 12.2. The number of hydrogen-bond donors (Lipinski definition) is 2. The number of hydrogen-bond acceptors (Lipinski definition) is 4. The van der Waals surface area contributed by atoms with Gasteiger partial charge in [-0.2, -0.15) is 0 Å². The zero-order valence-electron chi connectivity index (χ0n) is 10.6. The Hall–Kier alpha value is -1.46. The van der Waals surface area contributed by atoms with E-state index in [0.717, 1.165) is 5.56 Å². The second-order valence-corrected chi connectivity index (χ2v) is 5.04. The van der Waals surface area contributed by atoms with Crippen LogP contribution in [0.3, 0.4) is 0 Å². The fraction of sp³-hybridized carbons (Fsp3) is 0.538. The van der Waals surface area contributed by atoms with Gasteiger partial charge in [-0.15, -0.1) is 0 Å². The van der Waals surface area contributed by atoms with Crippen LogP contribution in [-0.2, 0) is 6.54 Å². The first-order valence-electron chi connectivity index (χ1n) is 6.18. The molecule has 3 N–H and O–H groups in total. The van der Waals surface area contributed by atoms with Crippen LogP contribution in [0.25, 0.3) is 0 Å². The van der Waals surface area contributed by atoms with Crippen LogP contribution in [0.15, 0.2) is 18.3 Å². The predicted molar refractivity (Wildman–Crippen MR) is 67.9 cm³/mol. The van der Waals surface area contributed by atoms with Crippen molar-refractivity contribution in [3.63, 3.8) is 0 Å². The molecule has 1 aliphatic rings. The van der Waals surface area contributed by atoms with Gasteiger partial charge in [0.15, 0.2) is 0 Å². The third-order valence-electron chi connectivity index (χ3n) is 3.41. The monoisotopic (exact) mass is 249 g/mol. The van der Waals surface area contributed by atoms with Crippen LogP contribution in [0.4, 0.5) is 0 Å². The fourth-order valence-corrected chi connectivity index (χ4v) is 2.03. The number of rotatable bonds is 2. The van der Waals surface area contributed by atoms with E-state index in [1.54, 1.807) is 17.2 Å². The molecule has 1 aliphatic heterocycles. The molecule has 5 nitrogen and oxygen atoms in total.